The molecule has 164 valence electrons. The number of hydrogen-bond acceptors (Lipinski definition) is 7. The van der Waals surface area contributed by atoms with E-state index < -0.39 is 43.2 Å². The van der Waals surface area contributed by atoms with E-state index in [9.17, 15) is 24.9 Å². The number of carbonyl (C=O) groups excluding carboxylic acids is 2. The minimum atomic E-state index is -1.41. The summed E-state index contributed by atoms with van der Waals surface area (Å²) < 4.78 is 11.5. The van der Waals surface area contributed by atoms with Crippen LogP contribution in [-0.2, 0) is 9.53 Å². The van der Waals surface area contributed by atoms with Crippen LogP contribution in [0.1, 0.15) is 22.8 Å². The topological polar surface area (TPSA) is 125 Å². The number of amides is 1. The van der Waals surface area contributed by atoms with Crippen LogP contribution in [0.3, 0.4) is 0 Å². The van der Waals surface area contributed by atoms with Crippen LogP contribution in [0.25, 0.3) is 6.08 Å². The first kappa shape index (κ1) is 22.6. The highest BCUT2D eigenvalue weighted by molar-refractivity contribution is 6.06. The molecule has 8 nitrogen and oxygen atoms in total. The largest absolute Gasteiger partial charge is 0.462 e. The van der Waals surface area contributed by atoms with Crippen LogP contribution in [0.2, 0.25) is 0 Å². The molecule has 1 fully saturated rings. The molecule has 4 N–H and O–H groups in total. The third-order valence-electron chi connectivity index (χ3n) is 4.89. The highest BCUT2D eigenvalue weighted by atomic mass is 16.7. The minimum absolute atomic E-state index is 0.181. The lowest BCUT2D eigenvalue weighted by atomic mass is 9.97. The van der Waals surface area contributed by atoms with Gasteiger partial charge in [-0.2, -0.15) is 0 Å². The standard InChI is InChI=1S/C23H25NO7/c1-14(26)24-20-22(29)21(28)19(13-25)31-23(20)30-18-10-6-5-9-16(18)11-12-17(27)15-7-3-2-4-8-15/h2-12,19-23,25,28-29H,13H2,1H3,(H,24,26)/t19-,20-,21-,22-,23-/m1/s1. The highest BCUT2D eigenvalue weighted by Crippen LogP contribution is 2.27. The number of allylic oxidation sites excluding steroid dienone is 1. The lowest BCUT2D eigenvalue weighted by Crippen LogP contribution is -2.65. The van der Waals surface area contributed by atoms with Crippen molar-refractivity contribution in [3.8, 4) is 5.75 Å². The summed E-state index contributed by atoms with van der Waals surface area (Å²) in [5.74, 6) is -0.294. The molecule has 1 aliphatic heterocycles. The van der Waals surface area contributed by atoms with E-state index in [4.69, 9.17) is 9.47 Å². The van der Waals surface area contributed by atoms with Crippen LogP contribution in [-0.4, -0.2) is 64.3 Å². The fourth-order valence-electron chi connectivity index (χ4n) is 3.29. The normalized spacial score (nSPS) is 25.9. The van der Waals surface area contributed by atoms with Crippen molar-refractivity contribution in [3.63, 3.8) is 0 Å². The van der Waals surface area contributed by atoms with Crippen LogP contribution in [0.4, 0.5) is 0 Å². The number of benzene rings is 2. The van der Waals surface area contributed by atoms with Gasteiger partial charge in [-0.25, -0.2) is 0 Å². The third kappa shape index (κ3) is 5.56. The summed E-state index contributed by atoms with van der Waals surface area (Å²) in [6.07, 6.45) is -2.08. The zero-order valence-electron chi connectivity index (χ0n) is 16.9. The molecule has 1 saturated heterocycles. The zero-order valence-corrected chi connectivity index (χ0v) is 16.9. The molecule has 0 unspecified atom stereocenters. The van der Waals surface area contributed by atoms with E-state index in [1.54, 1.807) is 54.6 Å². The smallest absolute Gasteiger partial charge is 0.223 e. The number of ether oxygens (including phenoxy) is 2. The van der Waals surface area contributed by atoms with Gasteiger partial charge in [-0.3, -0.25) is 9.59 Å². The molecule has 2 aromatic carbocycles. The Kier molecular flexibility index (Phi) is 7.54. The lowest BCUT2D eigenvalue weighted by molar-refractivity contribution is -0.244. The number of carbonyl (C=O) groups is 2. The molecule has 0 saturated carbocycles. The molecule has 0 bridgehead atoms. The Morgan fingerprint density at radius 3 is 2.42 bits per heavy atom. The average Bonchev–Trinajstić information content (AvgIpc) is 2.78. The molecule has 3 rings (SSSR count). The van der Waals surface area contributed by atoms with Gasteiger partial charge in [-0.15, -0.1) is 0 Å². The summed E-state index contributed by atoms with van der Waals surface area (Å²) in [5, 5.41) is 32.5. The first-order valence-electron chi connectivity index (χ1n) is 9.83. The van der Waals surface area contributed by atoms with Gasteiger partial charge >= 0.3 is 0 Å². The highest BCUT2D eigenvalue weighted by Gasteiger charge is 2.46. The van der Waals surface area contributed by atoms with Crippen molar-refractivity contribution in [2.24, 2.45) is 0 Å². The molecular formula is C23H25NO7. The Bertz CT molecular complexity index is 931. The fourth-order valence-corrected chi connectivity index (χ4v) is 3.29. The summed E-state index contributed by atoms with van der Waals surface area (Å²) in [5.41, 5.74) is 1.11. The maximum absolute atomic E-state index is 12.4. The number of hydrogen-bond donors (Lipinski definition) is 4. The number of ketones is 1. The Morgan fingerprint density at radius 2 is 1.74 bits per heavy atom. The molecule has 5 atom stereocenters. The quantitative estimate of drug-likeness (QED) is 0.382. The molecule has 0 radical (unpaired) electrons. The first-order chi connectivity index (χ1) is 14.9. The minimum Gasteiger partial charge on any atom is -0.462 e. The number of para-hydroxylation sites is 1. The number of aliphatic hydroxyl groups is 3. The van der Waals surface area contributed by atoms with Crippen LogP contribution >= 0.6 is 0 Å². The molecule has 0 aliphatic carbocycles. The van der Waals surface area contributed by atoms with Gasteiger partial charge in [0.25, 0.3) is 0 Å². The van der Waals surface area contributed by atoms with Gasteiger partial charge < -0.3 is 30.1 Å². The number of aliphatic hydroxyl groups excluding tert-OH is 3. The lowest BCUT2D eigenvalue weighted by Gasteiger charge is -2.42. The van der Waals surface area contributed by atoms with Gasteiger partial charge in [0, 0.05) is 18.1 Å². The summed E-state index contributed by atoms with van der Waals surface area (Å²) >= 11 is 0. The van der Waals surface area contributed by atoms with Crippen molar-refractivity contribution in [2.45, 2.75) is 37.6 Å². The summed E-state index contributed by atoms with van der Waals surface area (Å²) in [7, 11) is 0. The second-order valence-electron chi connectivity index (χ2n) is 7.15. The number of rotatable bonds is 7. The molecule has 1 amide bonds. The van der Waals surface area contributed by atoms with E-state index >= 15 is 0 Å². The Hall–Kier alpha value is -3.04. The predicted octanol–water partition coefficient (Wildman–Crippen LogP) is 0.905. The van der Waals surface area contributed by atoms with Crippen LogP contribution in [0, 0.1) is 0 Å². The summed E-state index contributed by atoms with van der Waals surface area (Å²) in [4.78, 5) is 23.9. The second-order valence-corrected chi connectivity index (χ2v) is 7.15. The molecule has 2 aromatic rings. The van der Waals surface area contributed by atoms with E-state index in [1.165, 1.54) is 13.0 Å². The van der Waals surface area contributed by atoms with Gasteiger partial charge in [-0.05, 0) is 18.2 Å². The SMILES string of the molecule is CC(=O)N[C@H]1[C@H](Oc2ccccc2C=CC(=O)c2ccccc2)O[C@H](CO)[C@@H](O)[C@@H]1O. The molecule has 8 heteroatoms. The molecule has 0 spiro atoms. The van der Waals surface area contributed by atoms with E-state index in [0.29, 0.717) is 16.9 Å². The predicted molar refractivity (Wildman–Crippen MR) is 112 cm³/mol. The van der Waals surface area contributed by atoms with E-state index in [1.807, 2.05) is 6.07 Å². The van der Waals surface area contributed by atoms with Gasteiger partial charge in [0.2, 0.25) is 12.2 Å². The molecule has 31 heavy (non-hydrogen) atoms. The van der Waals surface area contributed by atoms with Crippen LogP contribution in [0.15, 0.2) is 60.7 Å². The fraction of sp³-hybridized carbons (Fsp3) is 0.304. The van der Waals surface area contributed by atoms with Gasteiger partial charge in [0.15, 0.2) is 5.78 Å². The van der Waals surface area contributed by atoms with Gasteiger partial charge in [-0.1, -0.05) is 48.5 Å². The van der Waals surface area contributed by atoms with E-state index in [0.717, 1.165) is 0 Å². The number of nitrogens with one attached hydrogen (secondary N) is 1. The summed E-state index contributed by atoms with van der Waals surface area (Å²) in [6.45, 7) is 0.720. The van der Waals surface area contributed by atoms with Crippen LogP contribution in [0.5, 0.6) is 5.75 Å². The van der Waals surface area contributed by atoms with Crippen molar-refractivity contribution in [1.29, 1.82) is 0 Å². The third-order valence-corrected chi connectivity index (χ3v) is 4.89. The first-order valence-corrected chi connectivity index (χ1v) is 9.83. The Labute approximate surface area is 179 Å². The molecule has 1 heterocycles. The Morgan fingerprint density at radius 1 is 1.06 bits per heavy atom. The van der Waals surface area contributed by atoms with Crippen molar-refractivity contribution >= 4 is 17.8 Å². The van der Waals surface area contributed by atoms with Crippen molar-refractivity contribution in [2.75, 3.05) is 6.61 Å². The maximum atomic E-state index is 12.4. The summed E-state index contributed by atoms with van der Waals surface area (Å²) in [6, 6.07) is 14.6. The molecule has 1 aliphatic rings. The van der Waals surface area contributed by atoms with E-state index in [2.05, 4.69) is 5.32 Å². The van der Waals surface area contributed by atoms with Crippen molar-refractivity contribution < 1.29 is 34.4 Å². The average molecular weight is 427 g/mol. The van der Waals surface area contributed by atoms with E-state index in [-0.39, 0.29) is 5.78 Å². The monoisotopic (exact) mass is 427 g/mol. The Balaban J connectivity index is 1.83. The zero-order chi connectivity index (χ0) is 22.4. The maximum Gasteiger partial charge on any atom is 0.223 e. The molecular weight excluding hydrogens is 402 g/mol. The van der Waals surface area contributed by atoms with Crippen molar-refractivity contribution in [3.05, 3.63) is 71.8 Å². The van der Waals surface area contributed by atoms with Crippen LogP contribution < -0.4 is 10.1 Å². The second kappa shape index (κ2) is 10.3. The van der Waals surface area contributed by atoms with Gasteiger partial charge in [0.05, 0.1) is 6.61 Å². The van der Waals surface area contributed by atoms with Crippen molar-refractivity contribution in [1.82, 2.24) is 5.32 Å². The molecule has 0 aromatic heterocycles. The van der Waals surface area contributed by atoms with Gasteiger partial charge in [0.1, 0.15) is 30.1 Å².